The first-order valence-electron chi connectivity index (χ1n) is 6.41. The number of hydrogen-bond acceptors (Lipinski definition) is 7. The van der Waals surface area contributed by atoms with Gasteiger partial charge in [0.2, 0.25) is 0 Å². The van der Waals surface area contributed by atoms with Crippen LogP contribution in [-0.4, -0.2) is 56.6 Å². The molecule has 1 aromatic rings. The average molecular weight is 334 g/mol. The van der Waals surface area contributed by atoms with Crippen molar-refractivity contribution in [3.8, 4) is 0 Å². The number of carbonyl (C=O) groups is 1. The van der Waals surface area contributed by atoms with Crippen molar-refractivity contribution in [2.45, 2.75) is 29.6 Å². The number of carbonyl (C=O) groups excluding carboxylic acids is 1. The van der Waals surface area contributed by atoms with Crippen molar-refractivity contribution in [2.75, 3.05) is 27.3 Å². The van der Waals surface area contributed by atoms with Crippen LogP contribution >= 0.6 is 11.3 Å². The van der Waals surface area contributed by atoms with Crippen LogP contribution in [0.15, 0.2) is 9.72 Å². The molecule has 1 aliphatic rings. The number of esters is 1. The molecule has 0 aliphatic carbocycles. The average Bonchev–Trinajstić information content (AvgIpc) is 2.96. The van der Waals surface area contributed by atoms with E-state index < -0.39 is 21.6 Å². The summed E-state index contributed by atoms with van der Waals surface area (Å²) in [4.78, 5) is 15.4. The van der Waals surface area contributed by atoms with Gasteiger partial charge in [-0.15, -0.1) is 11.3 Å². The Balaban J connectivity index is 2.35. The van der Waals surface area contributed by atoms with Gasteiger partial charge in [-0.05, 0) is 19.8 Å². The Morgan fingerprint density at radius 2 is 2.19 bits per heavy atom. The zero-order valence-corrected chi connectivity index (χ0v) is 13.8. The van der Waals surface area contributed by atoms with Crippen LogP contribution in [0.4, 0.5) is 0 Å². The minimum atomic E-state index is -3.78. The van der Waals surface area contributed by atoms with Crippen LogP contribution in [0.5, 0.6) is 0 Å². The van der Waals surface area contributed by atoms with E-state index in [0.717, 1.165) is 17.8 Å². The van der Waals surface area contributed by atoms with Gasteiger partial charge < -0.3 is 9.47 Å². The van der Waals surface area contributed by atoms with Gasteiger partial charge in [0, 0.05) is 20.2 Å². The molecule has 21 heavy (non-hydrogen) atoms. The quantitative estimate of drug-likeness (QED) is 0.767. The zero-order valence-electron chi connectivity index (χ0n) is 12.2. The summed E-state index contributed by atoms with van der Waals surface area (Å²) in [5.41, 5.74) is 0.659. The first-order chi connectivity index (χ1) is 9.84. The van der Waals surface area contributed by atoms with E-state index in [0.29, 0.717) is 13.0 Å². The number of hydrogen-bond donors (Lipinski definition) is 0. The molecule has 1 unspecified atom stereocenters. The molecule has 118 valence electrons. The summed E-state index contributed by atoms with van der Waals surface area (Å²) in [5, 5.41) is 0. The molecule has 1 atom stereocenters. The molecule has 0 spiro atoms. The largest absolute Gasteiger partial charge is 0.464 e. The maximum absolute atomic E-state index is 12.7. The fourth-order valence-corrected chi connectivity index (χ4v) is 5.16. The first-order valence-corrected chi connectivity index (χ1v) is 8.73. The third-order valence-electron chi connectivity index (χ3n) is 3.60. The van der Waals surface area contributed by atoms with Gasteiger partial charge in [0.1, 0.15) is 0 Å². The smallest absolute Gasteiger partial charge is 0.358 e. The van der Waals surface area contributed by atoms with Gasteiger partial charge >= 0.3 is 5.97 Å². The highest BCUT2D eigenvalue weighted by Gasteiger charge is 2.39. The predicted molar refractivity (Wildman–Crippen MR) is 76.9 cm³/mol. The van der Waals surface area contributed by atoms with Gasteiger partial charge in [-0.1, -0.05) is 0 Å². The maximum atomic E-state index is 12.7. The molecule has 0 amide bonds. The number of methoxy groups -OCH3 is 2. The Morgan fingerprint density at radius 1 is 1.48 bits per heavy atom. The topological polar surface area (TPSA) is 85.8 Å². The lowest BCUT2D eigenvalue weighted by molar-refractivity contribution is -0.0319. The summed E-state index contributed by atoms with van der Waals surface area (Å²) in [6.07, 6.45) is 1.50. The molecular formula is C12H18N2O5S2. The Bertz CT molecular complexity index is 627. The third-order valence-corrected chi connectivity index (χ3v) is 6.80. The first kappa shape index (κ1) is 16.3. The van der Waals surface area contributed by atoms with Crippen molar-refractivity contribution in [2.24, 2.45) is 0 Å². The molecule has 9 heteroatoms. The number of aromatic nitrogens is 1. The molecule has 0 saturated carbocycles. The van der Waals surface area contributed by atoms with Crippen molar-refractivity contribution in [1.29, 1.82) is 0 Å². The monoisotopic (exact) mass is 334 g/mol. The number of sulfonamides is 1. The summed E-state index contributed by atoms with van der Waals surface area (Å²) >= 11 is 0.919. The van der Waals surface area contributed by atoms with E-state index in [1.807, 2.05) is 6.92 Å². The number of rotatable bonds is 4. The fourth-order valence-electron chi connectivity index (χ4n) is 2.30. The number of piperidine rings is 1. The van der Waals surface area contributed by atoms with Gasteiger partial charge in [0.05, 0.1) is 18.2 Å². The Labute approximate surface area is 127 Å². The van der Waals surface area contributed by atoms with Crippen molar-refractivity contribution in [3.63, 3.8) is 0 Å². The lowest BCUT2D eigenvalue weighted by atomic mass is 9.96. The number of ether oxygens (including phenoxy) is 2. The normalized spacial score (nSPS) is 24.0. The SMILES string of the molecule is COC(=O)c1ncsc1S(=O)(=O)N1CCCC(C)(OC)C1. The van der Waals surface area contributed by atoms with Crippen molar-refractivity contribution in [1.82, 2.24) is 9.29 Å². The molecular weight excluding hydrogens is 316 g/mol. The molecule has 0 radical (unpaired) electrons. The molecule has 0 bridgehead atoms. The van der Waals surface area contributed by atoms with Crippen molar-refractivity contribution >= 4 is 27.3 Å². The van der Waals surface area contributed by atoms with Crippen LogP contribution in [0.1, 0.15) is 30.3 Å². The third kappa shape index (κ3) is 3.10. The van der Waals surface area contributed by atoms with Gasteiger partial charge in [0.25, 0.3) is 10.0 Å². The molecule has 0 N–H and O–H groups in total. The fraction of sp³-hybridized carbons (Fsp3) is 0.667. The number of thiazole rings is 1. The highest BCUT2D eigenvalue weighted by atomic mass is 32.2. The summed E-state index contributed by atoms with van der Waals surface area (Å²) < 4.78 is 36.7. The second-order valence-corrected chi connectivity index (χ2v) is 8.06. The predicted octanol–water partition coefficient (Wildman–Crippen LogP) is 1.12. The summed E-state index contributed by atoms with van der Waals surface area (Å²) in [7, 11) is -1.01. The minimum absolute atomic E-state index is 0.0743. The van der Waals surface area contributed by atoms with E-state index in [2.05, 4.69) is 9.72 Å². The lowest BCUT2D eigenvalue weighted by Crippen LogP contribution is -2.49. The maximum Gasteiger partial charge on any atom is 0.358 e. The molecule has 1 aliphatic heterocycles. The van der Waals surface area contributed by atoms with Crippen molar-refractivity contribution < 1.29 is 22.7 Å². The summed E-state index contributed by atoms with van der Waals surface area (Å²) in [6.45, 7) is 2.53. The van der Waals surface area contributed by atoms with Crippen LogP contribution in [0.3, 0.4) is 0 Å². The zero-order chi connectivity index (χ0) is 15.7. The van der Waals surface area contributed by atoms with Crippen molar-refractivity contribution in [3.05, 3.63) is 11.2 Å². The molecule has 0 aromatic carbocycles. The standard InChI is InChI=1S/C12H18N2O5S2/c1-12(19-3)5-4-6-14(7-12)21(16,17)11-9(10(15)18-2)13-8-20-11/h8H,4-7H2,1-3H3. The minimum Gasteiger partial charge on any atom is -0.464 e. The molecule has 1 fully saturated rings. The van der Waals surface area contributed by atoms with E-state index in [-0.39, 0.29) is 16.4 Å². The highest BCUT2D eigenvalue weighted by Crippen LogP contribution is 2.31. The van der Waals surface area contributed by atoms with Crippen LogP contribution in [0.2, 0.25) is 0 Å². The van der Waals surface area contributed by atoms with Gasteiger partial charge in [-0.3, -0.25) is 0 Å². The van der Waals surface area contributed by atoms with E-state index >= 15 is 0 Å². The van der Waals surface area contributed by atoms with Crippen LogP contribution in [-0.2, 0) is 19.5 Å². The van der Waals surface area contributed by atoms with Crippen LogP contribution in [0, 0.1) is 0 Å². The van der Waals surface area contributed by atoms with E-state index in [1.54, 1.807) is 7.11 Å². The van der Waals surface area contributed by atoms with Crippen LogP contribution in [0.25, 0.3) is 0 Å². The van der Waals surface area contributed by atoms with Gasteiger partial charge in [0.15, 0.2) is 9.90 Å². The second kappa shape index (κ2) is 5.99. The van der Waals surface area contributed by atoms with Gasteiger partial charge in [-0.2, -0.15) is 4.31 Å². The second-order valence-electron chi connectivity index (χ2n) is 5.08. The Kier molecular flexibility index (Phi) is 4.66. The van der Waals surface area contributed by atoms with E-state index in [1.165, 1.54) is 16.9 Å². The Hall–Kier alpha value is -1.03. The molecule has 2 rings (SSSR count). The summed E-state index contributed by atoms with van der Waals surface area (Å²) in [6, 6.07) is 0. The van der Waals surface area contributed by atoms with Crippen LogP contribution < -0.4 is 0 Å². The lowest BCUT2D eigenvalue weighted by Gasteiger charge is -2.38. The number of nitrogens with zero attached hydrogens (tertiary/aromatic N) is 2. The highest BCUT2D eigenvalue weighted by molar-refractivity contribution is 7.91. The molecule has 1 aromatic heterocycles. The van der Waals surface area contributed by atoms with E-state index in [9.17, 15) is 13.2 Å². The molecule has 7 nitrogen and oxygen atoms in total. The van der Waals surface area contributed by atoms with E-state index in [4.69, 9.17) is 4.74 Å². The van der Waals surface area contributed by atoms with Gasteiger partial charge in [-0.25, -0.2) is 18.2 Å². The Morgan fingerprint density at radius 3 is 2.81 bits per heavy atom. The molecule has 1 saturated heterocycles. The molecule has 2 heterocycles. The summed E-state index contributed by atoms with van der Waals surface area (Å²) in [5.74, 6) is -0.749.